The van der Waals surface area contributed by atoms with E-state index in [4.69, 9.17) is 14.4 Å². The number of aldehydes is 1. The lowest BCUT2D eigenvalue weighted by molar-refractivity contribution is 0.0710. The minimum absolute atomic E-state index is 0.304. The van der Waals surface area contributed by atoms with Crippen LogP contribution in [0.25, 0.3) is 10.9 Å². The van der Waals surface area contributed by atoms with Gasteiger partial charge in [0.15, 0.2) is 0 Å². The summed E-state index contributed by atoms with van der Waals surface area (Å²) < 4.78 is 79.3. The summed E-state index contributed by atoms with van der Waals surface area (Å²) in [5.41, 5.74) is 0.406. The topological polar surface area (TPSA) is 117 Å². The molecule has 0 saturated carbocycles. The third-order valence-electron chi connectivity index (χ3n) is 3.37. The van der Waals surface area contributed by atoms with Crippen molar-refractivity contribution in [3.05, 3.63) is 64.6 Å². The van der Waals surface area contributed by atoms with Crippen LogP contribution in [0, 0.1) is 29.1 Å². The van der Waals surface area contributed by atoms with Crippen LogP contribution < -0.4 is 4.74 Å². The van der Waals surface area contributed by atoms with Crippen molar-refractivity contribution in [3.8, 4) is 5.75 Å². The molecule has 3 aromatic rings. The van der Waals surface area contributed by atoms with Crippen LogP contribution in [0.1, 0.15) is 20.8 Å². The van der Waals surface area contributed by atoms with E-state index in [2.05, 4.69) is 9.72 Å². The highest BCUT2D eigenvalue weighted by molar-refractivity contribution is 7.30. The van der Waals surface area contributed by atoms with E-state index in [1.54, 1.807) is 0 Å². The molecule has 13 heteroatoms. The number of aromatic nitrogens is 1. The number of halogens is 5. The molecule has 2 aromatic carbocycles. The highest BCUT2D eigenvalue weighted by Crippen LogP contribution is 2.30. The van der Waals surface area contributed by atoms with Crippen molar-refractivity contribution < 1.29 is 50.6 Å². The minimum atomic E-state index is -3.13. The largest absolute Gasteiger partial charge is 0.415 e. The summed E-state index contributed by atoms with van der Waals surface area (Å²) in [4.78, 5) is 39.5. The Labute approximate surface area is 158 Å². The van der Waals surface area contributed by atoms with E-state index < -0.39 is 49.1 Å². The number of fused-ring (bicyclic) bond motifs is 1. The smallest absolute Gasteiger partial charge is 0.360 e. The lowest BCUT2D eigenvalue weighted by Crippen LogP contribution is -2.14. The van der Waals surface area contributed by atoms with E-state index in [9.17, 15) is 31.5 Å². The number of hydrogen-bond donors (Lipinski definition) is 3. The van der Waals surface area contributed by atoms with Gasteiger partial charge in [-0.2, -0.15) is 8.78 Å². The number of nitrogens with one attached hydrogen (secondary N) is 1. The van der Waals surface area contributed by atoms with Gasteiger partial charge in [-0.1, -0.05) is 0 Å². The van der Waals surface area contributed by atoms with Crippen LogP contribution in [0.3, 0.4) is 0 Å². The molecular formula is C16H9F5NO6P. The summed E-state index contributed by atoms with van der Waals surface area (Å²) in [6.07, 6.45) is 0.569. The maximum Gasteiger partial charge on any atom is 0.360 e. The highest BCUT2D eigenvalue weighted by Gasteiger charge is 2.29. The van der Waals surface area contributed by atoms with Crippen LogP contribution >= 0.6 is 8.25 Å². The summed E-state index contributed by atoms with van der Waals surface area (Å²) in [5.74, 6) is -14.4. The van der Waals surface area contributed by atoms with Gasteiger partial charge in [0.2, 0.25) is 34.8 Å². The molecule has 0 radical (unpaired) electrons. The molecule has 1 aromatic heterocycles. The Balaban J connectivity index is 0.000000687. The molecule has 0 spiro atoms. The van der Waals surface area contributed by atoms with Crippen molar-refractivity contribution in [3.63, 3.8) is 0 Å². The second-order valence-corrected chi connectivity index (χ2v) is 5.78. The number of H-pyrrole nitrogens is 1. The Kier molecular flexibility index (Phi) is 6.85. The molecular weight excluding hydrogens is 428 g/mol. The van der Waals surface area contributed by atoms with Gasteiger partial charge in [0.05, 0.1) is 0 Å². The van der Waals surface area contributed by atoms with Gasteiger partial charge in [0.1, 0.15) is 12.0 Å². The third kappa shape index (κ3) is 4.86. The first-order chi connectivity index (χ1) is 13.6. The van der Waals surface area contributed by atoms with Crippen molar-refractivity contribution >= 4 is 31.4 Å². The standard InChI is InChI=1S/C16H6F5NO3.H3O3P/c17-10-11(18)13(20)15(14(21)12(10)19)25-16(24)9-4-7-3-6(5-23)1-2-8(7)22-9;1-4(2)3/h1-5,22H;4H,(H2,1,2,3). The van der Waals surface area contributed by atoms with Crippen molar-refractivity contribution in [2.45, 2.75) is 0 Å². The summed E-state index contributed by atoms with van der Waals surface area (Å²) in [7, 11) is -3.13. The molecule has 154 valence electrons. The average molecular weight is 437 g/mol. The molecule has 0 aliphatic rings. The lowest BCUT2D eigenvalue weighted by Gasteiger charge is -2.07. The van der Waals surface area contributed by atoms with Gasteiger partial charge in [0.25, 0.3) is 0 Å². The molecule has 0 atom stereocenters. The molecule has 3 N–H and O–H groups in total. The van der Waals surface area contributed by atoms with Crippen LogP contribution in [-0.2, 0) is 4.57 Å². The number of carbonyl (C=O) groups excluding carboxylic acids is 2. The summed E-state index contributed by atoms with van der Waals surface area (Å²) in [6, 6.07) is 5.55. The SMILES string of the molecule is O=Cc1ccc2[nH]c(C(=O)Oc3c(F)c(F)c(F)c(F)c3F)cc2c1.O=[PH](O)O. The van der Waals surface area contributed by atoms with Crippen LogP contribution in [0.15, 0.2) is 24.3 Å². The van der Waals surface area contributed by atoms with Gasteiger partial charge in [-0.3, -0.25) is 9.36 Å². The maximum atomic E-state index is 13.5. The minimum Gasteiger partial charge on any atom is -0.415 e. The molecule has 0 unspecified atom stereocenters. The van der Waals surface area contributed by atoms with Gasteiger partial charge in [-0.05, 0) is 24.3 Å². The van der Waals surface area contributed by atoms with E-state index in [1.807, 2.05) is 0 Å². The zero-order valence-electron chi connectivity index (χ0n) is 13.8. The first kappa shape index (κ1) is 22.2. The predicted octanol–water partition coefficient (Wildman–Crippen LogP) is 3.26. The van der Waals surface area contributed by atoms with Gasteiger partial charge in [-0.25, -0.2) is 18.0 Å². The quantitative estimate of drug-likeness (QED) is 0.110. The third-order valence-corrected chi connectivity index (χ3v) is 3.37. The molecule has 0 bridgehead atoms. The first-order valence-corrected chi connectivity index (χ1v) is 8.60. The van der Waals surface area contributed by atoms with Crippen LogP contribution in [0.5, 0.6) is 5.75 Å². The first-order valence-electron chi connectivity index (χ1n) is 7.30. The lowest BCUT2D eigenvalue weighted by atomic mass is 10.2. The number of hydrogen-bond acceptors (Lipinski definition) is 4. The highest BCUT2D eigenvalue weighted by atomic mass is 31.1. The number of ether oxygens (including phenoxy) is 1. The van der Waals surface area contributed by atoms with Gasteiger partial charge < -0.3 is 19.5 Å². The molecule has 0 aliphatic carbocycles. The second-order valence-electron chi connectivity index (χ2n) is 5.22. The number of aromatic amines is 1. The number of benzene rings is 2. The molecule has 29 heavy (non-hydrogen) atoms. The fourth-order valence-electron chi connectivity index (χ4n) is 2.16. The monoisotopic (exact) mass is 437 g/mol. The molecule has 0 aliphatic heterocycles. The summed E-state index contributed by atoms with van der Waals surface area (Å²) >= 11 is 0. The van der Waals surface area contributed by atoms with E-state index in [1.165, 1.54) is 24.3 Å². The van der Waals surface area contributed by atoms with Gasteiger partial charge in [-0.15, -0.1) is 0 Å². The van der Waals surface area contributed by atoms with Gasteiger partial charge >= 0.3 is 14.2 Å². The van der Waals surface area contributed by atoms with Crippen molar-refractivity contribution in [1.82, 2.24) is 4.98 Å². The van der Waals surface area contributed by atoms with E-state index in [-0.39, 0.29) is 5.69 Å². The Morgan fingerprint density at radius 1 is 0.966 bits per heavy atom. The van der Waals surface area contributed by atoms with Crippen molar-refractivity contribution in [2.24, 2.45) is 0 Å². The molecule has 1 heterocycles. The van der Waals surface area contributed by atoms with Crippen molar-refractivity contribution in [2.75, 3.05) is 0 Å². The van der Waals surface area contributed by atoms with E-state index >= 15 is 0 Å². The molecule has 3 rings (SSSR count). The number of carbonyl (C=O) groups is 2. The normalized spacial score (nSPS) is 10.6. The van der Waals surface area contributed by atoms with Crippen LogP contribution in [0.2, 0.25) is 0 Å². The van der Waals surface area contributed by atoms with Crippen LogP contribution in [0.4, 0.5) is 22.0 Å². The molecule has 0 amide bonds. The molecule has 7 nitrogen and oxygen atoms in total. The Morgan fingerprint density at radius 3 is 2.00 bits per heavy atom. The molecule has 0 saturated heterocycles. The van der Waals surface area contributed by atoms with E-state index in [0.717, 1.165) is 0 Å². The zero-order valence-corrected chi connectivity index (χ0v) is 14.8. The average Bonchev–Trinajstić information content (AvgIpc) is 3.11. The molecule has 0 fully saturated rings. The van der Waals surface area contributed by atoms with Crippen molar-refractivity contribution in [1.29, 1.82) is 0 Å². The summed E-state index contributed by atoms with van der Waals surface area (Å²) in [5, 5.41) is 0.411. The predicted molar refractivity (Wildman–Crippen MR) is 88.3 cm³/mol. The Bertz CT molecular complexity index is 1100. The summed E-state index contributed by atoms with van der Waals surface area (Å²) in [6.45, 7) is 0. The van der Waals surface area contributed by atoms with Crippen LogP contribution in [-0.4, -0.2) is 27.0 Å². The Hall–Kier alpha value is -3.08. The Morgan fingerprint density at radius 2 is 1.48 bits per heavy atom. The second kappa shape index (κ2) is 8.95. The fraction of sp³-hybridized carbons (Fsp3) is 0. The fourth-order valence-corrected chi connectivity index (χ4v) is 2.16. The number of rotatable bonds is 3. The number of esters is 1. The maximum absolute atomic E-state index is 13.5. The zero-order chi connectivity index (χ0) is 21.9. The van der Waals surface area contributed by atoms with E-state index in [0.29, 0.717) is 22.8 Å². The van der Waals surface area contributed by atoms with Gasteiger partial charge in [0, 0.05) is 16.5 Å².